The number of carbonyl (C=O) groups excluding carboxylic acids is 1. The molecule has 1 heterocycles. The van der Waals surface area contributed by atoms with Gasteiger partial charge in [-0.15, -0.1) is 0 Å². The molecule has 3 N–H and O–H groups in total. The fraction of sp³-hybridized carbons (Fsp3) is 0.714. The summed E-state index contributed by atoms with van der Waals surface area (Å²) in [5, 5.41) is 13.3. The first-order chi connectivity index (χ1) is 9.20. The Morgan fingerprint density at radius 1 is 1.37 bits per heavy atom. The Bertz CT molecular complexity index is 407. The highest BCUT2D eigenvalue weighted by molar-refractivity contribution is 5.95. The lowest BCUT2D eigenvalue weighted by Gasteiger charge is -2.29. The van der Waals surface area contributed by atoms with Gasteiger partial charge in [-0.1, -0.05) is 6.92 Å². The molecule has 0 radical (unpaired) electrons. The average molecular weight is 264 g/mol. The van der Waals surface area contributed by atoms with Crippen LogP contribution in [0.3, 0.4) is 0 Å². The van der Waals surface area contributed by atoms with Gasteiger partial charge in [0.15, 0.2) is 0 Å². The van der Waals surface area contributed by atoms with Crippen molar-refractivity contribution in [2.75, 3.05) is 6.54 Å². The van der Waals surface area contributed by atoms with Gasteiger partial charge in [0.05, 0.1) is 11.8 Å². The molecule has 19 heavy (non-hydrogen) atoms. The predicted octanol–water partition coefficient (Wildman–Crippen LogP) is 1.76. The molecule has 0 saturated heterocycles. The molecule has 0 unspecified atom stereocenters. The minimum Gasteiger partial charge on any atom is -0.349 e. The first-order valence-electron chi connectivity index (χ1n) is 7.25. The number of hydrogen-bond donors (Lipinski definition) is 3. The van der Waals surface area contributed by atoms with Gasteiger partial charge in [-0.05, 0) is 45.6 Å². The Hall–Kier alpha value is -1.36. The van der Waals surface area contributed by atoms with E-state index in [4.69, 9.17) is 0 Å². The summed E-state index contributed by atoms with van der Waals surface area (Å²) in [4.78, 5) is 12.1. The zero-order valence-corrected chi connectivity index (χ0v) is 11.8. The standard InChI is InChI=1S/C14H24N4O/c1-3-8-15-11-4-6-12(7-5-11)17-14(19)13-9-16-18-10(13)2/h9,11-12,15H,3-8H2,1-2H3,(H,16,18)(H,17,19). The molecule has 1 aromatic heterocycles. The SMILES string of the molecule is CCCNC1CCC(NC(=O)c2cn[nH]c2C)CC1. The Morgan fingerprint density at radius 3 is 2.63 bits per heavy atom. The molecule has 0 aromatic carbocycles. The number of amides is 1. The molecule has 106 valence electrons. The third-order valence-corrected chi connectivity index (χ3v) is 3.82. The Kier molecular flexibility index (Phi) is 4.96. The van der Waals surface area contributed by atoms with Crippen LogP contribution in [0, 0.1) is 6.92 Å². The second kappa shape index (κ2) is 6.70. The van der Waals surface area contributed by atoms with Crippen molar-refractivity contribution < 1.29 is 4.79 Å². The van der Waals surface area contributed by atoms with Crippen LogP contribution in [0.15, 0.2) is 6.20 Å². The summed E-state index contributed by atoms with van der Waals surface area (Å²) in [6.07, 6.45) is 7.19. The lowest BCUT2D eigenvalue weighted by Crippen LogP contribution is -2.42. The molecule has 1 saturated carbocycles. The van der Waals surface area contributed by atoms with Crippen LogP contribution < -0.4 is 10.6 Å². The first-order valence-corrected chi connectivity index (χ1v) is 7.25. The molecule has 2 rings (SSSR count). The van der Waals surface area contributed by atoms with Crippen LogP contribution in [-0.4, -0.2) is 34.7 Å². The van der Waals surface area contributed by atoms with E-state index < -0.39 is 0 Å². The van der Waals surface area contributed by atoms with Crippen molar-refractivity contribution in [2.24, 2.45) is 0 Å². The van der Waals surface area contributed by atoms with Crippen molar-refractivity contribution in [3.05, 3.63) is 17.5 Å². The van der Waals surface area contributed by atoms with Crippen LogP contribution in [0.25, 0.3) is 0 Å². The summed E-state index contributed by atoms with van der Waals surface area (Å²) in [5.74, 6) is -0.00350. The van der Waals surface area contributed by atoms with E-state index in [0.29, 0.717) is 17.6 Å². The topological polar surface area (TPSA) is 69.8 Å². The summed E-state index contributed by atoms with van der Waals surface area (Å²) in [6.45, 7) is 5.15. The van der Waals surface area contributed by atoms with E-state index in [1.807, 2.05) is 6.92 Å². The number of H-pyrrole nitrogens is 1. The number of carbonyl (C=O) groups is 1. The third kappa shape index (κ3) is 3.80. The molecule has 0 atom stereocenters. The lowest BCUT2D eigenvalue weighted by atomic mass is 9.91. The Morgan fingerprint density at radius 2 is 2.05 bits per heavy atom. The summed E-state index contributed by atoms with van der Waals surface area (Å²) in [7, 11) is 0. The normalized spacial score (nSPS) is 23.3. The number of aromatic amines is 1. The number of aromatic nitrogens is 2. The van der Waals surface area contributed by atoms with Crippen molar-refractivity contribution >= 4 is 5.91 Å². The number of rotatable bonds is 5. The Balaban J connectivity index is 1.77. The summed E-state index contributed by atoms with van der Waals surface area (Å²) < 4.78 is 0. The summed E-state index contributed by atoms with van der Waals surface area (Å²) in [6, 6.07) is 0.935. The van der Waals surface area contributed by atoms with E-state index in [1.165, 1.54) is 6.42 Å². The van der Waals surface area contributed by atoms with Crippen molar-refractivity contribution in [3.8, 4) is 0 Å². The van der Waals surface area contributed by atoms with E-state index in [1.54, 1.807) is 6.20 Å². The largest absolute Gasteiger partial charge is 0.349 e. The lowest BCUT2D eigenvalue weighted by molar-refractivity contribution is 0.0923. The number of aryl methyl sites for hydroxylation is 1. The van der Waals surface area contributed by atoms with Gasteiger partial charge in [-0.3, -0.25) is 9.89 Å². The van der Waals surface area contributed by atoms with Gasteiger partial charge in [0.2, 0.25) is 0 Å². The highest BCUT2D eigenvalue weighted by Crippen LogP contribution is 2.19. The van der Waals surface area contributed by atoms with Gasteiger partial charge < -0.3 is 10.6 Å². The fourth-order valence-corrected chi connectivity index (χ4v) is 2.63. The van der Waals surface area contributed by atoms with Gasteiger partial charge in [0.25, 0.3) is 5.91 Å². The molecule has 5 heteroatoms. The third-order valence-electron chi connectivity index (χ3n) is 3.82. The maximum Gasteiger partial charge on any atom is 0.254 e. The van der Waals surface area contributed by atoms with Crippen molar-refractivity contribution in [2.45, 2.75) is 58.0 Å². The highest BCUT2D eigenvalue weighted by atomic mass is 16.1. The summed E-state index contributed by atoms with van der Waals surface area (Å²) >= 11 is 0. The number of nitrogens with one attached hydrogen (secondary N) is 3. The van der Waals surface area contributed by atoms with Gasteiger partial charge in [0.1, 0.15) is 0 Å². The van der Waals surface area contributed by atoms with Gasteiger partial charge >= 0.3 is 0 Å². The molecule has 1 aromatic rings. The van der Waals surface area contributed by atoms with E-state index in [-0.39, 0.29) is 5.91 Å². The maximum absolute atomic E-state index is 12.1. The van der Waals surface area contributed by atoms with E-state index in [2.05, 4.69) is 27.8 Å². The minimum absolute atomic E-state index is 0.00350. The number of nitrogens with zero attached hydrogens (tertiary/aromatic N) is 1. The van der Waals surface area contributed by atoms with Crippen LogP contribution in [0.4, 0.5) is 0 Å². The molecular formula is C14H24N4O. The molecule has 0 spiro atoms. The molecule has 0 bridgehead atoms. The predicted molar refractivity (Wildman–Crippen MR) is 75.1 cm³/mol. The van der Waals surface area contributed by atoms with Gasteiger partial charge in [-0.2, -0.15) is 5.10 Å². The molecule has 1 aliphatic rings. The zero-order valence-electron chi connectivity index (χ0n) is 11.8. The van der Waals surface area contributed by atoms with Crippen molar-refractivity contribution in [3.63, 3.8) is 0 Å². The van der Waals surface area contributed by atoms with Crippen LogP contribution in [0.2, 0.25) is 0 Å². The Labute approximate surface area is 114 Å². The second-order valence-electron chi connectivity index (χ2n) is 5.38. The first kappa shape index (κ1) is 14.1. The van der Waals surface area contributed by atoms with E-state index >= 15 is 0 Å². The molecule has 1 amide bonds. The molecule has 1 fully saturated rings. The fourth-order valence-electron chi connectivity index (χ4n) is 2.63. The zero-order chi connectivity index (χ0) is 13.7. The van der Waals surface area contributed by atoms with Crippen molar-refractivity contribution in [1.29, 1.82) is 0 Å². The van der Waals surface area contributed by atoms with Crippen LogP contribution in [-0.2, 0) is 0 Å². The second-order valence-corrected chi connectivity index (χ2v) is 5.38. The maximum atomic E-state index is 12.1. The minimum atomic E-state index is -0.00350. The molecule has 5 nitrogen and oxygen atoms in total. The monoisotopic (exact) mass is 264 g/mol. The smallest absolute Gasteiger partial charge is 0.254 e. The van der Waals surface area contributed by atoms with Gasteiger partial charge in [-0.25, -0.2) is 0 Å². The highest BCUT2D eigenvalue weighted by Gasteiger charge is 2.23. The summed E-state index contributed by atoms with van der Waals surface area (Å²) in [5.41, 5.74) is 1.49. The van der Waals surface area contributed by atoms with Gasteiger partial charge in [0, 0.05) is 17.8 Å². The quantitative estimate of drug-likeness (QED) is 0.759. The molecule has 1 aliphatic carbocycles. The van der Waals surface area contributed by atoms with Crippen LogP contribution in [0.1, 0.15) is 55.1 Å². The van der Waals surface area contributed by atoms with E-state index in [9.17, 15) is 4.79 Å². The molecular weight excluding hydrogens is 240 g/mol. The van der Waals surface area contributed by atoms with Crippen LogP contribution in [0.5, 0.6) is 0 Å². The molecule has 0 aliphatic heterocycles. The van der Waals surface area contributed by atoms with E-state index in [0.717, 1.165) is 37.9 Å². The van der Waals surface area contributed by atoms with Crippen molar-refractivity contribution in [1.82, 2.24) is 20.8 Å². The van der Waals surface area contributed by atoms with Crippen LogP contribution >= 0.6 is 0 Å². The average Bonchev–Trinajstić information content (AvgIpc) is 2.84. The number of hydrogen-bond acceptors (Lipinski definition) is 3.